The molecule has 1 unspecified atom stereocenters. The average molecular weight is 496 g/mol. The summed E-state index contributed by atoms with van der Waals surface area (Å²) in [6.45, 7) is 0.656. The summed E-state index contributed by atoms with van der Waals surface area (Å²) in [6.07, 6.45) is 1.73. The SMILES string of the molecule is COc1ccc(-c2noc(CCC(=O)NCC3CC4c5ccccc5C3c3ccccc34)n2)cc1OC. The third-order valence-corrected chi connectivity index (χ3v) is 7.66. The molecule has 37 heavy (non-hydrogen) atoms. The molecular formula is C30H29N3O4. The zero-order valence-corrected chi connectivity index (χ0v) is 20.9. The molecule has 0 radical (unpaired) electrons. The smallest absolute Gasteiger partial charge is 0.227 e. The van der Waals surface area contributed by atoms with Crippen molar-refractivity contribution in [1.29, 1.82) is 0 Å². The maximum atomic E-state index is 12.8. The molecule has 1 heterocycles. The maximum absolute atomic E-state index is 12.8. The Kier molecular flexibility index (Phi) is 6.12. The van der Waals surface area contributed by atoms with Crippen LogP contribution >= 0.6 is 0 Å². The van der Waals surface area contributed by atoms with Gasteiger partial charge < -0.3 is 19.3 Å². The van der Waals surface area contributed by atoms with Crippen molar-refractivity contribution in [2.75, 3.05) is 20.8 Å². The largest absolute Gasteiger partial charge is 0.493 e. The van der Waals surface area contributed by atoms with E-state index in [0.29, 0.717) is 60.4 Å². The lowest BCUT2D eigenvalue weighted by molar-refractivity contribution is -0.121. The van der Waals surface area contributed by atoms with Crippen LogP contribution in [0.5, 0.6) is 11.5 Å². The second kappa shape index (κ2) is 9.73. The minimum Gasteiger partial charge on any atom is -0.493 e. The molecule has 0 spiro atoms. The molecule has 7 heteroatoms. The molecule has 1 aromatic heterocycles. The van der Waals surface area contributed by atoms with Crippen molar-refractivity contribution in [2.45, 2.75) is 31.1 Å². The van der Waals surface area contributed by atoms with Crippen molar-refractivity contribution in [2.24, 2.45) is 5.92 Å². The number of methoxy groups -OCH3 is 2. The Morgan fingerprint density at radius 1 is 0.946 bits per heavy atom. The predicted molar refractivity (Wildman–Crippen MR) is 139 cm³/mol. The lowest BCUT2D eigenvalue weighted by Gasteiger charge is -2.45. The Morgan fingerprint density at radius 3 is 2.30 bits per heavy atom. The van der Waals surface area contributed by atoms with Gasteiger partial charge in [-0.25, -0.2) is 0 Å². The van der Waals surface area contributed by atoms with Crippen LogP contribution in [0.2, 0.25) is 0 Å². The summed E-state index contributed by atoms with van der Waals surface area (Å²) in [5, 5.41) is 7.25. The monoisotopic (exact) mass is 495 g/mol. The van der Waals surface area contributed by atoms with E-state index in [-0.39, 0.29) is 5.91 Å². The fraction of sp³-hybridized carbons (Fsp3) is 0.300. The van der Waals surface area contributed by atoms with Gasteiger partial charge in [0.05, 0.1) is 14.2 Å². The zero-order valence-electron chi connectivity index (χ0n) is 20.9. The molecule has 188 valence electrons. The van der Waals surface area contributed by atoms with Crippen molar-refractivity contribution in [3.8, 4) is 22.9 Å². The van der Waals surface area contributed by atoms with Gasteiger partial charge in [-0.05, 0) is 52.8 Å². The van der Waals surface area contributed by atoms with Crippen LogP contribution in [-0.2, 0) is 11.2 Å². The Labute approximate surface area is 215 Å². The lowest BCUT2D eigenvalue weighted by atomic mass is 9.59. The number of rotatable bonds is 8. The Hall–Kier alpha value is -4.13. The number of carbonyl (C=O) groups excluding carboxylic acids is 1. The first-order chi connectivity index (χ1) is 18.2. The van der Waals surface area contributed by atoms with Crippen molar-refractivity contribution in [3.63, 3.8) is 0 Å². The number of nitrogens with one attached hydrogen (secondary N) is 1. The number of aryl methyl sites for hydroxylation is 1. The molecule has 3 aromatic carbocycles. The van der Waals surface area contributed by atoms with Gasteiger partial charge in [-0.2, -0.15) is 4.98 Å². The molecule has 7 rings (SSSR count). The molecular weight excluding hydrogens is 466 g/mol. The average Bonchev–Trinajstić information content (AvgIpc) is 3.44. The quantitative estimate of drug-likeness (QED) is 0.366. The highest BCUT2D eigenvalue weighted by atomic mass is 16.5. The first kappa shape index (κ1) is 23.3. The van der Waals surface area contributed by atoms with Gasteiger partial charge in [-0.1, -0.05) is 53.7 Å². The maximum Gasteiger partial charge on any atom is 0.227 e. The van der Waals surface area contributed by atoms with Crippen molar-refractivity contribution in [3.05, 3.63) is 94.9 Å². The van der Waals surface area contributed by atoms with E-state index in [1.807, 2.05) is 6.07 Å². The summed E-state index contributed by atoms with van der Waals surface area (Å²) in [5.41, 5.74) is 6.45. The molecule has 7 nitrogen and oxygen atoms in total. The van der Waals surface area contributed by atoms with Crippen LogP contribution in [0.3, 0.4) is 0 Å². The highest BCUT2D eigenvalue weighted by Crippen LogP contribution is 2.55. The number of hydrogen-bond acceptors (Lipinski definition) is 6. The summed E-state index contributed by atoms with van der Waals surface area (Å²) in [5.74, 6) is 3.18. The topological polar surface area (TPSA) is 86.5 Å². The number of carbonyl (C=O) groups is 1. The fourth-order valence-corrected chi connectivity index (χ4v) is 5.96. The number of ether oxygens (including phenoxy) is 2. The second-order valence-corrected chi connectivity index (χ2v) is 9.67. The van der Waals surface area contributed by atoms with E-state index in [1.165, 1.54) is 22.3 Å². The van der Waals surface area contributed by atoms with Crippen LogP contribution in [0.1, 0.15) is 52.8 Å². The third-order valence-electron chi connectivity index (χ3n) is 7.66. The van der Waals surface area contributed by atoms with E-state index in [1.54, 1.807) is 26.4 Å². The molecule has 1 N–H and O–H groups in total. The number of fused-ring (bicyclic) bond motifs is 1. The first-order valence-electron chi connectivity index (χ1n) is 12.7. The Bertz CT molecular complexity index is 1400. The molecule has 0 saturated heterocycles. The van der Waals surface area contributed by atoms with Crippen LogP contribution in [-0.4, -0.2) is 36.8 Å². The van der Waals surface area contributed by atoms with E-state index in [9.17, 15) is 4.79 Å². The minimum atomic E-state index is -0.00566. The van der Waals surface area contributed by atoms with Crippen LogP contribution in [0, 0.1) is 5.92 Å². The number of benzene rings is 3. The second-order valence-electron chi connectivity index (χ2n) is 9.67. The standard InChI is InChI=1S/C30H29N3O4/c1-35-25-12-11-18(16-26(25)36-2)30-32-28(37-33-30)14-13-27(34)31-17-19-15-24-20-7-3-5-9-22(20)29(19)23-10-6-4-8-21(23)24/h3-12,16,19,24,29H,13-15,17H2,1-2H3,(H,31,34). The predicted octanol–water partition coefficient (Wildman–Crippen LogP) is 5.10. The van der Waals surface area contributed by atoms with Crippen molar-refractivity contribution < 1.29 is 18.8 Å². The number of aromatic nitrogens is 2. The molecule has 0 saturated carbocycles. The van der Waals surface area contributed by atoms with E-state index in [4.69, 9.17) is 14.0 Å². The van der Waals surface area contributed by atoms with Crippen LogP contribution in [0.4, 0.5) is 0 Å². The number of hydrogen-bond donors (Lipinski definition) is 1. The molecule has 1 atom stereocenters. The van der Waals surface area contributed by atoms with Crippen LogP contribution in [0.15, 0.2) is 71.3 Å². The third kappa shape index (κ3) is 4.24. The summed E-state index contributed by atoms with van der Waals surface area (Å²) < 4.78 is 16.0. The zero-order chi connectivity index (χ0) is 25.4. The minimum absolute atomic E-state index is 0.00566. The van der Waals surface area contributed by atoms with Gasteiger partial charge >= 0.3 is 0 Å². The number of nitrogens with zero attached hydrogens (tertiary/aromatic N) is 2. The molecule has 2 bridgehead atoms. The van der Waals surface area contributed by atoms with E-state index in [0.717, 1.165) is 12.0 Å². The van der Waals surface area contributed by atoms with Gasteiger partial charge in [0, 0.05) is 36.8 Å². The summed E-state index contributed by atoms with van der Waals surface area (Å²) in [7, 11) is 3.17. The molecule has 0 aliphatic heterocycles. The Balaban J connectivity index is 1.08. The van der Waals surface area contributed by atoms with Gasteiger partial charge in [-0.3, -0.25) is 4.79 Å². The Morgan fingerprint density at radius 2 is 1.62 bits per heavy atom. The van der Waals surface area contributed by atoms with Crippen molar-refractivity contribution >= 4 is 5.91 Å². The highest BCUT2D eigenvalue weighted by Gasteiger charge is 2.42. The molecule has 0 fully saturated rings. The van der Waals surface area contributed by atoms with Gasteiger partial charge in [0.2, 0.25) is 17.6 Å². The van der Waals surface area contributed by atoms with E-state index < -0.39 is 0 Å². The van der Waals surface area contributed by atoms with Gasteiger partial charge in [0.1, 0.15) is 0 Å². The first-order valence-corrected chi connectivity index (χ1v) is 12.7. The van der Waals surface area contributed by atoms with Gasteiger partial charge in [0.25, 0.3) is 0 Å². The highest BCUT2D eigenvalue weighted by molar-refractivity contribution is 5.76. The summed E-state index contributed by atoms with van der Waals surface area (Å²) >= 11 is 0. The lowest BCUT2D eigenvalue weighted by Crippen LogP contribution is -2.39. The van der Waals surface area contributed by atoms with Crippen molar-refractivity contribution in [1.82, 2.24) is 15.5 Å². The van der Waals surface area contributed by atoms with Crippen LogP contribution in [0.25, 0.3) is 11.4 Å². The van der Waals surface area contributed by atoms with E-state index in [2.05, 4.69) is 64.0 Å². The number of amides is 1. The van der Waals surface area contributed by atoms with Gasteiger partial charge in [-0.15, -0.1) is 0 Å². The fourth-order valence-electron chi connectivity index (χ4n) is 5.96. The molecule has 1 amide bonds. The molecule has 3 aliphatic carbocycles. The molecule has 3 aliphatic rings. The molecule has 4 aromatic rings. The summed E-state index contributed by atoms with van der Waals surface area (Å²) in [6, 6.07) is 23.0. The van der Waals surface area contributed by atoms with E-state index >= 15 is 0 Å². The summed E-state index contributed by atoms with van der Waals surface area (Å²) in [4.78, 5) is 17.2. The normalized spacial score (nSPS) is 19.1. The van der Waals surface area contributed by atoms with Crippen LogP contribution < -0.4 is 14.8 Å². The van der Waals surface area contributed by atoms with Gasteiger partial charge in [0.15, 0.2) is 11.5 Å².